The van der Waals surface area contributed by atoms with Gasteiger partial charge in [-0.15, -0.1) is 0 Å². The smallest absolute Gasteiger partial charge is 0.379 e. The highest BCUT2D eigenvalue weighted by Crippen LogP contribution is 2.24. The predicted molar refractivity (Wildman–Crippen MR) is 144 cm³/mol. The number of halogens is 3. The van der Waals surface area contributed by atoms with Crippen LogP contribution in [0.3, 0.4) is 0 Å². The van der Waals surface area contributed by atoms with E-state index in [4.69, 9.17) is 32.4 Å². The molecule has 8 nitrogen and oxygen atoms in total. The minimum absolute atomic E-state index is 0.0395. The van der Waals surface area contributed by atoms with Crippen LogP contribution < -0.4 is 15.5 Å². The number of ether oxygens (including phenoxy) is 1. The maximum atomic E-state index is 12.8. The van der Waals surface area contributed by atoms with Crippen molar-refractivity contribution in [2.75, 3.05) is 5.32 Å². The summed E-state index contributed by atoms with van der Waals surface area (Å²) >= 11 is 15.4. The molecule has 1 aromatic heterocycles. The summed E-state index contributed by atoms with van der Waals surface area (Å²) in [6, 6.07) is 18.8. The summed E-state index contributed by atoms with van der Waals surface area (Å²) in [6.45, 7) is 0. The summed E-state index contributed by atoms with van der Waals surface area (Å²) in [7, 11) is 0. The van der Waals surface area contributed by atoms with Gasteiger partial charge >= 0.3 is 5.97 Å². The lowest BCUT2D eigenvalue weighted by Gasteiger charge is -2.11. The zero-order valence-corrected chi connectivity index (χ0v) is 21.8. The molecule has 0 bridgehead atoms. The average molecular weight is 601 g/mol. The second-order valence-electron chi connectivity index (χ2n) is 7.37. The van der Waals surface area contributed by atoms with E-state index in [1.165, 1.54) is 42.8 Å². The van der Waals surface area contributed by atoms with Gasteiger partial charge in [0.1, 0.15) is 5.75 Å². The Morgan fingerprint density at radius 1 is 0.919 bits per heavy atom. The number of amides is 2. The van der Waals surface area contributed by atoms with Crippen LogP contribution in [0.4, 0.5) is 5.69 Å². The molecule has 37 heavy (non-hydrogen) atoms. The molecule has 4 aromatic rings. The first-order chi connectivity index (χ1) is 17.8. The molecule has 2 N–H and O–H groups in total. The number of carbonyl (C=O) groups excluding carboxylic acids is 3. The molecule has 11 heteroatoms. The van der Waals surface area contributed by atoms with E-state index in [1.807, 2.05) is 0 Å². The number of nitrogens with zero attached hydrogens (tertiary/aromatic N) is 1. The number of rotatable bonds is 7. The third kappa shape index (κ3) is 6.65. The van der Waals surface area contributed by atoms with Crippen molar-refractivity contribution in [1.29, 1.82) is 0 Å². The van der Waals surface area contributed by atoms with E-state index in [-0.39, 0.29) is 33.3 Å². The SMILES string of the molecule is O=C(Oc1ccc(Br)cc1/C=N\NC(=O)c1ccccc1NC(=O)c1ccc(Cl)cc1Cl)c1ccco1. The van der Waals surface area contributed by atoms with Crippen LogP contribution in [-0.4, -0.2) is 24.0 Å². The lowest BCUT2D eigenvalue weighted by molar-refractivity contribution is 0.0700. The normalized spacial score (nSPS) is 10.8. The van der Waals surface area contributed by atoms with Gasteiger partial charge in [0, 0.05) is 15.1 Å². The Labute approximate surface area is 229 Å². The third-order valence-corrected chi connectivity index (χ3v) is 5.90. The number of carbonyl (C=O) groups is 3. The van der Waals surface area contributed by atoms with Crippen LogP contribution in [-0.2, 0) is 0 Å². The monoisotopic (exact) mass is 599 g/mol. The van der Waals surface area contributed by atoms with Gasteiger partial charge in [0.05, 0.1) is 34.3 Å². The molecule has 1 heterocycles. The largest absolute Gasteiger partial charge is 0.457 e. The summed E-state index contributed by atoms with van der Waals surface area (Å²) in [4.78, 5) is 37.8. The van der Waals surface area contributed by atoms with E-state index in [9.17, 15) is 14.4 Å². The van der Waals surface area contributed by atoms with Crippen LogP contribution in [0.15, 0.2) is 93.1 Å². The lowest BCUT2D eigenvalue weighted by Crippen LogP contribution is -2.21. The maximum Gasteiger partial charge on any atom is 0.379 e. The van der Waals surface area contributed by atoms with E-state index in [0.29, 0.717) is 15.1 Å². The van der Waals surface area contributed by atoms with E-state index >= 15 is 0 Å². The molecule has 2 amide bonds. The number of anilines is 1. The molecule has 0 spiro atoms. The van der Waals surface area contributed by atoms with E-state index in [1.54, 1.807) is 42.5 Å². The highest BCUT2D eigenvalue weighted by molar-refractivity contribution is 9.10. The molecule has 4 rings (SSSR count). The summed E-state index contributed by atoms with van der Waals surface area (Å²) in [5.41, 5.74) is 3.43. The molecule has 3 aromatic carbocycles. The zero-order valence-electron chi connectivity index (χ0n) is 18.7. The van der Waals surface area contributed by atoms with Crippen LogP contribution in [0.2, 0.25) is 10.0 Å². The number of hydrogen-bond acceptors (Lipinski definition) is 6. The second kappa shape index (κ2) is 11.9. The Bertz CT molecular complexity index is 1510. The number of furan rings is 1. The van der Waals surface area contributed by atoms with Gasteiger partial charge < -0.3 is 14.5 Å². The van der Waals surface area contributed by atoms with E-state index < -0.39 is 17.8 Å². The first-order valence-corrected chi connectivity index (χ1v) is 12.1. The Morgan fingerprint density at radius 3 is 2.49 bits per heavy atom. The fourth-order valence-corrected chi connectivity index (χ4v) is 4.01. The Balaban J connectivity index is 1.48. The van der Waals surface area contributed by atoms with Crippen molar-refractivity contribution < 1.29 is 23.5 Å². The van der Waals surface area contributed by atoms with Crippen LogP contribution in [0.25, 0.3) is 0 Å². The third-order valence-electron chi connectivity index (χ3n) is 4.86. The van der Waals surface area contributed by atoms with Gasteiger partial charge in [-0.05, 0) is 60.7 Å². The zero-order chi connectivity index (χ0) is 26.4. The van der Waals surface area contributed by atoms with Gasteiger partial charge in [0.15, 0.2) is 0 Å². The highest BCUT2D eigenvalue weighted by atomic mass is 79.9. The lowest BCUT2D eigenvalue weighted by atomic mass is 10.1. The quantitative estimate of drug-likeness (QED) is 0.108. The molecule has 0 saturated carbocycles. The van der Waals surface area contributed by atoms with Gasteiger partial charge in [-0.2, -0.15) is 5.10 Å². The summed E-state index contributed by atoms with van der Waals surface area (Å²) in [5.74, 6) is -1.54. The van der Waals surface area contributed by atoms with Gasteiger partial charge in [0.2, 0.25) is 5.76 Å². The molecule has 0 atom stereocenters. The molecule has 0 radical (unpaired) electrons. The Hall–Kier alpha value is -3.92. The van der Waals surface area contributed by atoms with Crippen molar-refractivity contribution in [1.82, 2.24) is 5.43 Å². The summed E-state index contributed by atoms with van der Waals surface area (Å²) in [5, 5.41) is 7.23. The van der Waals surface area contributed by atoms with Crippen molar-refractivity contribution >= 4 is 68.8 Å². The van der Waals surface area contributed by atoms with Gasteiger partial charge in [-0.25, -0.2) is 10.2 Å². The molecule has 186 valence electrons. The number of esters is 1. The minimum Gasteiger partial charge on any atom is -0.457 e. The van der Waals surface area contributed by atoms with Gasteiger partial charge in [-0.1, -0.05) is 51.3 Å². The summed E-state index contributed by atoms with van der Waals surface area (Å²) in [6.07, 6.45) is 2.68. The standard InChI is InChI=1S/C26H16BrCl2N3O5/c27-16-7-10-22(37-26(35)23-6-3-11-36-23)15(12-16)14-30-32-25(34)19-4-1-2-5-21(19)31-24(33)18-9-8-17(28)13-20(18)29/h1-14H,(H,31,33)(H,32,34)/b30-14-. The maximum absolute atomic E-state index is 12.8. The van der Waals surface area contributed by atoms with Crippen molar-refractivity contribution in [3.63, 3.8) is 0 Å². The van der Waals surface area contributed by atoms with Gasteiger partial charge in [0.25, 0.3) is 11.8 Å². The van der Waals surface area contributed by atoms with Crippen molar-refractivity contribution in [3.8, 4) is 5.75 Å². The molecule has 0 aliphatic rings. The Kier molecular flexibility index (Phi) is 8.39. The molecular formula is C26H16BrCl2N3O5. The number of hydrazone groups is 1. The van der Waals surface area contributed by atoms with E-state index in [2.05, 4.69) is 31.8 Å². The molecular weight excluding hydrogens is 585 g/mol. The van der Waals surface area contributed by atoms with E-state index in [0.717, 1.165) is 0 Å². The average Bonchev–Trinajstić information content (AvgIpc) is 3.41. The number of nitrogens with one attached hydrogen (secondary N) is 2. The first kappa shape index (κ1) is 26.2. The topological polar surface area (TPSA) is 110 Å². The van der Waals surface area contributed by atoms with Crippen LogP contribution in [0.1, 0.15) is 36.8 Å². The van der Waals surface area contributed by atoms with Crippen molar-refractivity contribution in [2.45, 2.75) is 0 Å². The van der Waals surface area contributed by atoms with Crippen molar-refractivity contribution in [3.05, 3.63) is 116 Å². The molecule has 0 fully saturated rings. The highest BCUT2D eigenvalue weighted by Gasteiger charge is 2.17. The molecule has 0 aliphatic carbocycles. The fraction of sp³-hybridized carbons (Fsp3) is 0. The number of benzene rings is 3. The fourth-order valence-electron chi connectivity index (χ4n) is 3.13. The predicted octanol–water partition coefficient (Wildman–Crippen LogP) is 6.58. The van der Waals surface area contributed by atoms with Gasteiger partial charge in [-0.3, -0.25) is 9.59 Å². The molecule has 0 aliphatic heterocycles. The van der Waals surface area contributed by atoms with Crippen LogP contribution >= 0.6 is 39.1 Å². The minimum atomic E-state index is -0.684. The van der Waals surface area contributed by atoms with Crippen molar-refractivity contribution in [2.24, 2.45) is 5.10 Å². The molecule has 0 saturated heterocycles. The number of hydrogen-bond donors (Lipinski definition) is 2. The van der Waals surface area contributed by atoms with Crippen LogP contribution in [0.5, 0.6) is 5.75 Å². The number of para-hydroxylation sites is 1. The molecule has 0 unspecified atom stereocenters. The first-order valence-electron chi connectivity index (χ1n) is 10.6. The Morgan fingerprint density at radius 2 is 1.73 bits per heavy atom. The van der Waals surface area contributed by atoms with Crippen LogP contribution in [0, 0.1) is 0 Å². The summed E-state index contributed by atoms with van der Waals surface area (Å²) < 4.78 is 11.1. The second-order valence-corrected chi connectivity index (χ2v) is 9.13.